The molecule has 0 aromatic carbocycles. The Bertz CT molecular complexity index is 201. The minimum Gasteiger partial charge on any atom is -0.212 e. The van der Waals surface area contributed by atoms with E-state index in [-0.39, 0.29) is 0 Å². The van der Waals surface area contributed by atoms with Crippen LogP contribution in [0.5, 0.6) is 0 Å². The van der Waals surface area contributed by atoms with Crippen molar-refractivity contribution in [3.05, 3.63) is 0 Å². The van der Waals surface area contributed by atoms with Crippen molar-refractivity contribution in [1.29, 1.82) is 0 Å². The highest BCUT2D eigenvalue weighted by Crippen LogP contribution is 2.17. The molecule has 0 saturated heterocycles. The largest absolute Gasteiger partial charge is 0.235 e. The zero-order valence-electron chi connectivity index (χ0n) is 7.09. The van der Waals surface area contributed by atoms with E-state index >= 15 is 0 Å². The molecule has 74 valence electrons. The smallest absolute Gasteiger partial charge is 0.212 e. The molecule has 1 unspecified atom stereocenters. The molecule has 0 aromatic heterocycles. The van der Waals surface area contributed by atoms with E-state index in [1.165, 1.54) is 0 Å². The Kier molecular flexibility index (Phi) is 6.32. The first-order valence-electron chi connectivity index (χ1n) is 4.01. The number of unbranched alkanes of at least 4 members (excludes halogenated alkanes) is 1. The number of hydrogen-bond donors (Lipinski definition) is 0. The Balaban J connectivity index is 3.85. The topological polar surface area (TPSA) is 34.1 Å². The molecule has 0 rings (SSSR count). The highest BCUT2D eigenvalue weighted by Gasteiger charge is 2.19. The molecule has 0 radical (unpaired) electrons. The van der Waals surface area contributed by atoms with E-state index in [0.717, 1.165) is 12.8 Å². The van der Waals surface area contributed by atoms with Crippen molar-refractivity contribution in [3.8, 4) is 0 Å². The van der Waals surface area contributed by atoms with Gasteiger partial charge in [-0.3, -0.25) is 0 Å². The summed E-state index contributed by atoms with van der Waals surface area (Å²) in [6.45, 7) is 1.82. The van der Waals surface area contributed by atoms with E-state index in [4.69, 9.17) is 22.3 Å². The molecule has 0 aliphatic carbocycles. The average Bonchev–Trinajstić information content (AvgIpc) is 1.95. The Morgan fingerprint density at radius 1 is 1.33 bits per heavy atom. The van der Waals surface area contributed by atoms with Gasteiger partial charge >= 0.3 is 0 Å². The van der Waals surface area contributed by atoms with Gasteiger partial charge in [0.05, 0.1) is 5.25 Å². The third-order valence-corrected chi connectivity index (χ3v) is 4.15. The highest BCUT2D eigenvalue weighted by molar-refractivity contribution is 8.14. The Labute approximate surface area is 83.7 Å². The lowest BCUT2D eigenvalue weighted by atomic mass is 10.2. The maximum Gasteiger partial charge on any atom is 0.235 e. The molecule has 0 fully saturated rings. The molecule has 0 saturated carbocycles. The van der Waals surface area contributed by atoms with Gasteiger partial charge in [-0.1, -0.05) is 13.3 Å². The minimum absolute atomic E-state index is 0.401. The Morgan fingerprint density at radius 2 is 1.92 bits per heavy atom. The van der Waals surface area contributed by atoms with E-state index < -0.39 is 14.3 Å². The van der Waals surface area contributed by atoms with Crippen LogP contribution in [0.1, 0.15) is 32.6 Å². The minimum atomic E-state index is -3.37. The van der Waals surface area contributed by atoms with Gasteiger partial charge in [0.15, 0.2) is 0 Å². The van der Waals surface area contributed by atoms with Crippen molar-refractivity contribution in [2.75, 3.05) is 5.88 Å². The zero-order chi connectivity index (χ0) is 9.61. The molecule has 12 heavy (non-hydrogen) atoms. The van der Waals surface area contributed by atoms with Crippen LogP contribution in [0.2, 0.25) is 0 Å². The number of halogens is 2. The highest BCUT2D eigenvalue weighted by atomic mass is 35.7. The number of rotatable bonds is 6. The average molecular weight is 233 g/mol. The molecule has 0 N–H and O–H groups in total. The molecule has 0 aliphatic heterocycles. The lowest BCUT2D eigenvalue weighted by Crippen LogP contribution is -2.14. The third kappa shape index (κ3) is 5.22. The molecule has 5 heteroatoms. The quantitative estimate of drug-likeness (QED) is 0.401. The fourth-order valence-electron chi connectivity index (χ4n) is 1.01. The Morgan fingerprint density at radius 3 is 2.25 bits per heavy atom. The first-order valence-corrected chi connectivity index (χ1v) is 6.92. The van der Waals surface area contributed by atoms with Crippen LogP contribution in [0.15, 0.2) is 0 Å². The van der Waals surface area contributed by atoms with Crippen molar-refractivity contribution in [3.63, 3.8) is 0 Å². The van der Waals surface area contributed by atoms with E-state index in [1.807, 2.05) is 6.92 Å². The molecule has 0 heterocycles. The van der Waals surface area contributed by atoms with Gasteiger partial charge < -0.3 is 0 Å². The van der Waals surface area contributed by atoms with E-state index in [2.05, 4.69) is 0 Å². The molecular formula is C7H14Cl2O2S. The van der Waals surface area contributed by atoms with Gasteiger partial charge in [0.2, 0.25) is 9.05 Å². The van der Waals surface area contributed by atoms with Crippen molar-refractivity contribution < 1.29 is 8.42 Å². The van der Waals surface area contributed by atoms with E-state index in [1.54, 1.807) is 0 Å². The predicted molar refractivity (Wildman–Crippen MR) is 53.4 cm³/mol. The predicted octanol–water partition coefficient (Wildman–Crippen LogP) is 2.74. The van der Waals surface area contributed by atoms with Crippen molar-refractivity contribution in [2.24, 2.45) is 0 Å². The molecule has 0 aliphatic rings. The van der Waals surface area contributed by atoms with Crippen LogP contribution in [-0.4, -0.2) is 19.5 Å². The van der Waals surface area contributed by atoms with E-state index in [9.17, 15) is 8.42 Å². The second kappa shape index (κ2) is 6.06. The maximum atomic E-state index is 10.9. The fourth-order valence-corrected chi connectivity index (χ4v) is 2.69. The normalized spacial score (nSPS) is 14.6. The summed E-state index contributed by atoms with van der Waals surface area (Å²) in [5.41, 5.74) is 0. The number of alkyl halides is 1. The molecule has 2 nitrogen and oxygen atoms in total. The van der Waals surface area contributed by atoms with Crippen LogP contribution < -0.4 is 0 Å². The van der Waals surface area contributed by atoms with Gasteiger partial charge in [0.25, 0.3) is 0 Å². The SMILES string of the molecule is CCC(CCCCCl)S(=O)(=O)Cl. The van der Waals surface area contributed by atoms with Gasteiger partial charge in [0, 0.05) is 16.6 Å². The van der Waals surface area contributed by atoms with Gasteiger partial charge in [0.1, 0.15) is 0 Å². The van der Waals surface area contributed by atoms with Gasteiger partial charge in [-0.2, -0.15) is 0 Å². The standard InChI is InChI=1S/C7H14Cl2O2S/c1-2-7(12(9,10)11)5-3-4-6-8/h7H,2-6H2,1H3. The summed E-state index contributed by atoms with van der Waals surface area (Å²) in [4.78, 5) is 0. The summed E-state index contributed by atoms with van der Waals surface area (Å²) in [6, 6.07) is 0. The third-order valence-electron chi connectivity index (χ3n) is 1.76. The monoisotopic (exact) mass is 232 g/mol. The lowest BCUT2D eigenvalue weighted by molar-refractivity contribution is 0.572. The van der Waals surface area contributed by atoms with Gasteiger partial charge in [-0.25, -0.2) is 8.42 Å². The lowest BCUT2D eigenvalue weighted by Gasteiger charge is -2.09. The van der Waals surface area contributed by atoms with Gasteiger partial charge in [-0.15, -0.1) is 11.6 Å². The summed E-state index contributed by atoms with van der Waals surface area (Å²) >= 11 is 5.46. The second-order valence-corrected chi connectivity index (χ2v) is 5.98. The van der Waals surface area contributed by atoms with Gasteiger partial charge in [-0.05, 0) is 19.3 Å². The Hall–Kier alpha value is 0.530. The summed E-state index contributed by atoms with van der Waals surface area (Å²) in [5, 5.41) is -0.401. The molecule has 0 spiro atoms. The van der Waals surface area contributed by atoms with Crippen LogP contribution >= 0.6 is 22.3 Å². The summed E-state index contributed by atoms with van der Waals surface area (Å²) in [7, 11) is 1.85. The second-order valence-electron chi connectivity index (χ2n) is 2.69. The molecular weight excluding hydrogens is 219 g/mol. The fraction of sp³-hybridized carbons (Fsp3) is 1.00. The van der Waals surface area contributed by atoms with E-state index in [0.29, 0.717) is 18.7 Å². The molecule has 0 amide bonds. The maximum absolute atomic E-state index is 10.9. The summed E-state index contributed by atoms with van der Waals surface area (Å²) < 4.78 is 21.8. The summed E-state index contributed by atoms with van der Waals surface area (Å²) in [5.74, 6) is 0.582. The first kappa shape index (κ1) is 12.5. The summed E-state index contributed by atoms with van der Waals surface area (Å²) in [6.07, 6.45) is 2.88. The number of hydrogen-bond acceptors (Lipinski definition) is 2. The van der Waals surface area contributed by atoms with Crippen LogP contribution in [0.4, 0.5) is 0 Å². The van der Waals surface area contributed by atoms with Crippen LogP contribution in [-0.2, 0) is 9.05 Å². The molecule has 0 aromatic rings. The van der Waals surface area contributed by atoms with Crippen LogP contribution in [0.25, 0.3) is 0 Å². The zero-order valence-corrected chi connectivity index (χ0v) is 9.42. The van der Waals surface area contributed by atoms with Crippen molar-refractivity contribution >= 4 is 31.3 Å². The molecule has 0 bridgehead atoms. The first-order chi connectivity index (χ1) is 5.52. The van der Waals surface area contributed by atoms with Crippen molar-refractivity contribution in [2.45, 2.75) is 37.9 Å². The van der Waals surface area contributed by atoms with Crippen LogP contribution in [0.3, 0.4) is 0 Å². The van der Waals surface area contributed by atoms with Crippen molar-refractivity contribution in [1.82, 2.24) is 0 Å². The van der Waals surface area contributed by atoms with Crippen LogP contribution in [0, 0.1) is 0 Å². The molecule has 1 atom stereocenters.